The van der Waals surface area contributed by atoms with E-state index in [1.807, 2.05) is 6.07 Å². The van der Waals surface area contributed by atoms with Crippen molar-refractivity contribution >= 4 is 5.82 Å². The van der Waals surface area contributed by atoms with Crippen LogP contribution in [-0.4, -0.2) is 36.3 Å². The van der Waals surface area contributed by atoms with E-state index in [4.69, 9.17) is 9.47 Å². The monoisotopic (exact) mass is 281 g/mol. The first-order valence-electron chi connectivity index (χ1n) is 7.62. The zero-order valence-corrected chi connectivity index (χ0v) is 12.9. The summed E-state index contributed by atoms with van der Waals surface area (Å²) in [6.45, 7) is 9.14. The zero-order valence-electron chi connectivity index (χ0n) is 12.9. The number of aryl methyl sites for hydroxylation is 1. The van der Waals surface area contributed by atoms with E-state index in [-0.39, 0.29) is 0 Å². The summed E-state index contributed by atoms with van der Waals surface area (Å²) in [5, 5.41) is 3.28. The van der Waals surface area contributed by atoms with Gasteiger partial charge in [-0.25, -0.2) is 4.98 Å². The molecule has 1 aromatic heterocycles. The highest BCUT2D eigenvalue weighted by Gasteiger charge is 2.05. The van der Waals surface area contributed by atoms with Gasteiger partial charge < -0.3 is 14.8 Å². The van der Waals surface area contributed by atoms with Crippen LogP contribution < -0.4 is 10.1 Å². The molecule has 5 heteroatoms. The van der Waals surface area contributed by atoms with Crippen molar-refractivity contribution in [3.63, 3.8) is 0 Å². The second kappa shape index (κ2) is 10.4. The lowest BCUT2D eigenvalue weighted by atomic mass is 10.3. The average molecular weight is 281 g/mol. The molecule has 0 saturated carbocycles. The Morgan fingerprint density at radius 1 is 1.00 bits per heavy atom. The molecule has 5 nitrogen and oxygen atoms in total. The third-order valence-electron chi connectivity index (χ3n) is 2.60. The predicted molar refractivity (Wildman–Crippen MR) is 81.4 cm³/mol. The van der Waals surface area contributed by atoms with Gasteiger partial charge in [0, 0.05) is 25.6 Å². The van der Waals surface area contributed by atoms with E-state index in [9.17, 15) is 0 Å². The van der Waals surface area contributed by atoms with Crippen LogP contribution in [0, 0.1) is 0 Å². The second-order valence-corrected chi connectivity index (χ2v) is 4.65. The molecule has 0 spiro atoms. The van der Waals surface area contributed by atoms with E-state index in [1.165, 1.54) is 0 Å². The fraction of sp³-hybridized carbons (Fsp3) is 0.733. The van der Waals surface area contributed by atoms with Crippen LogP contribution in [0.1, 0.15) is 45.9 Å². The molecule has 0 aromatic carbocycles. The summed E-state index contributed by atoms with van der Waals surface area (Å²) in [5.41, 5.74) is 0. The van der Waals surface area contributed by atoms with Gasteiger partial charge in [-0.2, -0.15) is 4.98 Å². The molecule has 0 aliphatic heterocycles. The molecule has 0 atom stereocenters. The topological polar surface area (TPSA) is 56.3 Å². The van der Waals surface area contributed by atoms with Crippen molar-refractivity contribution in [3.8, 4) is 5.88 Å². The lowest BCUT2D eigenvalue weighted by molar-refractivity contribution is 0.0989. The molecule has 1 N–H and O–H groups in total. The molecule has 114 valence electrons. The van der Waals surface area contributed by atoms with Gasteiger partial charge in [-0.3, -0.25) is 0 Å². The lowest BCUT2D eigenvalue weighted by Crippen LogP contribution is -2.10. The van der Waals surface area contributed by atoms with Gasteiger partial charge in [0.2, 0.25) is 5.88 Å². The Labute approximate surface area is 122 Å². The number of hydrogen-bond acceptors (Lipinski definition) is 5. The quantitative estimate of drug-likeness (QED) is 0.632. The Morgan fingerprint density at radius 2 is 1.85 bits per heavy atom. The summed E-state index contributed by atoms with van der Waals surface area (Å²) in [5.74, 6) is 2.30. The van der Waals surface area contributed by atoms with Crippen LogP contribution in [0.3, 0.4) is 0 Å². The van der Waals surface area contributed by atoms with Gasteiger partial charge in [0.25, 0.3) is 0 Å². The Balaban J connectivity index is 2.55. The molecule has 0 aliphatic carbocycles. The molecule has 0 bridgehead atoms. The highest BCUT2D eigenvalue weighted by molar-refractivity contribution is 5.38. The SMILES string of the molecule is CCCNc1cc(OCCOCCC)nc(CCC)n1. The van der Waals surface area contributed by atoms with Crippen molar-refractivity contribution in [2.45, 2.75) is 46.5 Å². The van der Waals surface area contributed by atoms with Crippen molar-refractivity contribution in [2.75, 3.05) is 31.7 Å². The van der Waals surface area contributed by atoms with Crippen molar-refractivity contribution < 1.29 is 9.47 Å². The van der Waals surface area contributed by atoms with E-state index >= 15 is 0 Å². The molecule has 0 radical (unpaired) electrons. The number of rotatable bonds is 11. The maximum absolute atomic E-state index is 5.64. The molecular weight excluding hydrogens is 254 g/mol. The van der Waals surface area contributed by atoms with E-state index in [1.54, 1.807) is 0 Å². The van der Waals surface area contributed by atoms with Gasteiger partial charge in [-0.1, -0.05) is 20.8 Å². The van der Waals surface area contributed by atoms with Gasteiger partial charge in [0.05, 0.1) is 6.61 Å². The normalized spacial score (nSPS) is 10.6. The number of nitrogens with one attached hydrogen (secondary N) is 1. The number of ether oxygens (including phenoxy) is 2. The van der Waals surface area contributed by atoms with Crippen LogP contribution in [0.4, 0.5) is 5.82 Å². The molecule has 1 heterocycles. The minimum Gasteiger partial charge on any atom is -0.475 e. The summed E-state index contributed by atoms with van der Waals surface area (Å²) < 4.78 is 11.0. The van der Waals surface area contributed by atoms with Gasteiger partial charge in [0.15, 0.2) is 0 Å². The first-order chi connectivity index (χ1) is 9.80. The zero-order chi connectivity index (χ0) is 14.6. The van der Waals surface area contributed by atoms with E-state index in [2.05, 4.69) is 36.1 Å². The van der Waals surface area contributed by atoms with E-state index in [0.717, 1.165) is 50.5 Å². The van der Waals surface area contributed by atoms with Gasteiger partial charge in [-0.15, -0.1) is 0 Å². The first kappa shape index (κ1) is 16.7. The molecule has 0 saturated heterocycles. The van der Waals surface area contributed by atoms with E-state index in [0.29, 0.717) is 19.1 Å². The second-order valence-electron chi connectivity index (χ2n) is 4.65. The summed E-state index contributed by atoms with van der Waals surface area (Å²) in [4.78, 5) is 8.90. The summed E-state index contributed by atoms with van der Waals surface area (Å²) >= 11 is 0. The standard InChI is InChI=1S/C15H27N3O2/c1-4-7-13-17-14(16-8-5-2)12-15(18-13)20-11-10-19-9-6-3/h12H,4-11H2,1-3H3,(H,16,17,18). The molecule has 1 aromatic rings. The first-order valence-corrected chi connectivity index (χ1v) is 7.62. The average Bonchev–Trinajstić information content (AvgIpc) is 2.45. The van der Waals surface area contributed by atoms with Crippen LogP contribution in [0.25, 0.3) is 0 Å². The minimum atomic E-state index is 0.524. The largest absolute Gasteiger partial charge is 0.475 e. The van der Waals surface area contributed by atoms with E-state index < -0.39 is 0 Å². The third-order valence-corrected chi connectivity index (χ3v) is 2.60. The van der Waals surface area contributed by atoms with Crippen molar-refractivity contribution in [2.24, 2.45) is 0 Å². The highest BCUT2D eigenvalue weighted by atomic mass is 16.5. The maximum atomic E-state index is 5.64. The predicted octanol–water partition coefficient (Wildman–Crippen LogP) is 3.06. The number of anilines is 1. The molecule has 0 amide bonds. The Bertz CT molecular complexity index is 372. The Kier molecular flexibility index (Phi) is 8.71. The molecule has 20 heavy (non-hydrogen) atoms. The van der Waals surface area contributed by atoms with Crippen LogP contribution in [0.15, 0.2) is 6.07 Å². The fourth-order valence-electron chi connectivity index (χ4n) is 1.68. The summed E-state index contributed by atoms with van der Waals surface area (Å²) in [7, 11) is 0. The molecule has 0 fully saturated rings. The molecule has 1 rings (SSSR count). The molecule has 0 unspecified atom stereocenters. The smallest absolute Gasteiger partial charge is 0.218 e. The molecular formula is C15H27N3O2. The Hall–Kier alpha value is -1.36. The van der Waals surface area contributed by atoms with Gasteiger partial charge in [-0.05, 0) is 19.3 Å². The summed E-state index contributed by atoms with van der Waals surface area (Å²) in [6.07, 6.45) is 3.98. The summed E-state index contributed by atoms with van der Waals surface area (Å²) in [6, 6.07) is 1.86. The minimum absolute atomic E-state index is 0.524. The van der Waals surface area contributed by atoms with Crippen LogP contribution >= 0.6 is 0 Å². The van der Waals surface area contributed by atoms with Crippen LogP contribution in [0.5, 0.6) is 5.88 Å². The van der Waals surface area contributed by atoms with Crippen LogP contribution in [0.2, 0.25) is 0 Å². The van der Waals surface area contributed by atoms with Crippen LogP contribution in [-0.2, 0) is 11.2 Å². The fourth-order valence-corrected chi connectivity index (χ4v) is 1.68. The highest BCUT2D eigenvalue weighted by Crippen LogP contribution is 2.14. The maximum Gasteiger partial charge on any atom is 0.218 e. The van der Waals surface area contributed by atoms with Crippen molar-refractivity contribution in [1.82, 2.24) is 9.97 Å². The third kappa shape index (κ3) is 6.70. The number of aromatic nitrogens is 2. The number of hydrogen-bond donors (Lipinski definition) is 1. The molecule has 0 aliphatic rings. The van der Waals surface area contributed by atoms with Crippen molar-refractivity contribution in [1.29, 1.82) is 0 Å². The van der Waals surface area contributed by atoms with Crippen molar-refractivity contribution in [3.05, 3.63) is 11.9 Å². The number of nitrogens with zero attached hydrogens (tertiary/aromatic N) is 2. The van der Waals surface area contributed by atoms with Gasteiger partial charge >= 0.3 is 0 Å². The Morgan fingerprint density at radius 3 is 2.55 bits per heavy atom. The lowest BCUT2D eigenvalue weighted by Gasteiger charge is -2.10. The van der Waals surface area contributed by atoms with Gasteiger partial charge in [0.1, 0.15) is 18.2 Å².